The summed E-state index contributed by atoms with van der Waals surface area (Å²) in [6.07, 6.45) is 8.70. The molecule has 1 amide bonds. The first-order chi connectivity index (χ1) is 19.6. The average Bonchev–Trinajstić information content (AvgIpc) is 3.50. The van der Waals surface area contributed by atoms with Crippen molar-refractivity contribution in [2.45, 2.75) is 44.4 Å². The molecule has 3 aromatic rings. The third kappa shape index (κ3) is 5.94. The van der Waals surface area contributed by atoms with Crippen molar-refractivity contribution in [2.75, 3.05) is 58.4 Å². The number of aliphatic hydroxyl groups is 1. The molecular formula is C27H33F2N7O4S. The largest absolute Gasteiger partial charge is 0.395 e. The average molecular weight is 590 g/mol. The number of sulfonamides is 1. The predicted molar refractivity (Wildman–Crippen MR) is 151 cm³/mol. The lowest BCUT2D eigenvalue weighted by atomic mass is 9.93. The van der Waals surface area contributed by atoms with Crippen LogP contribution in [0.25, 0.3) is 5.65 Å². The van der Waals surface area contributed by atoms with Crippen LogP contribution in [0.5, 0.6) is 0 Å². The second-order valence-electron chi connectivity index (χ2n) is 11.3. The molecule has 0 atom stereocenters. The molecule has 41 heavy (non-hydrogen) atoms. The van der Waals surface area contributed by atoms with Gasteiger partial charge < -0.3 is 24.6 Å². The molecule has 3 aliphatic rings. The monoisotopic (exact) mass is 589 g/mol. The van der Waals surface area contributed by atoms with Crippen LogP contribution in [0.2, 0.25) is 0 Å². The molecule has 220 valence electrons. The first-order valence-corrected chi connectivity index (χ1v) is 15.5. The Labute approximate surface area is 236 Å². The molecule has 1 spiro atoms. The van der Waals surface area contributed by atoms with E-state index >= 15 is 0 Å². The van der Waals surface area contributed by atoms with Gasteiger partial charge in [-0.1, -0.05) is 0 Å². The Balaban J connectivity index is 1.29. The highest BCUT2D eigenvalue weighted by atomic mass is 32.2. The molecule has 2 aliphatic heterocycles. The minimum atomic E-state index is -3.73. The zero-order valence-electron chi connectivity index (χ0n) is 22.5. The number of carbonyl (C=O) groups is 1. The summed E-state index contributed by atoms with van der Waals surface area (Å²) in [5, 5.41) is 12.0. The maximum Gasteiger partial charge on any atom is 0.275 e. The van der Waals surface area contributed by atoms with E-state index in [-0.39, 0.29) is 31.6 Å². The number of anilines is 4. The fraction of sp³-hybridized carbons (Fsp3) is 0.519. The molecule has 0 unspecified atom stereocenters. The van der Waals surface area contributed by atoms with Crippen molar-refractivity contribution in [1.29, 1.82) is 0 Å². The van der Waals surface area contributed by atoms with Gasteiger partial charge in [0.25, 0.3) is 11.8 Å². The van der Waals surface area contributed by atoms with Crippen molar-refractivity contribution < 1.29 is 27.1 Å². The van der Waals surface area contributed by atoms with Crippen LogP contribution in [0, 0.1) is 5.41 Å². The Morgan fingerprint density at radius 1 is 1.02 bits per heavy atom. The molecule has 2 saturated heterocycles. The number of benzene rings is 1. The Hall–Kier alpha value is -3.52. The third-order valence-corrected chi connectivity index (χ3v) is 9.65. The van der Waals surface area contributed by atoms with Gasteiger partial charge in [0.15, 0.2) is 11.5 Å². The summed E-state index contributed by atoms with van der Waals surface area (Å²) in [6, 6.07) is 4.91. The van der Waals surface area contributed by atoms with Gasteiger partial charge in [-0.05, 0) is 49.3 Å². The van der Waals surface area contributed by atoms with Gasteiger partial charge in [-0.3, -0.25) is 9.52 Å². The number of aromatic nitrogens is 3. The summed E-state index contributed by atoms with van der Waals surface area (Å²) in [5.41, 5.74) is 2.50. The van der Waals surface area contributed by atoms with Crippen molar-refractivity contribution in [2.24, 2.45) is 5.41 Å². The number of carbonyl (C=O) groups excluding carboxylic acids is 1. The van der Waals surface area contributed by atoms with Crippen molar-refractivity contribution >= 4 is 44.5 Å². The van der Waals surface area contributed by atoms with E-state index in [0.29, 0.717) is 33.9 Å². The number of hydrogen-bond acceptors (Lipinski definition) is 8. The molecule has 1 aromatic carbocycles. The Bertz CT molecular complexity index is 1550. The molecule has 6 rings (SSSR count). The maximum atomic E-state index is 13.8. The lowest BCUT2D eigenvalue weighted by Gasteiger charge is -2.35. The van der Waals surface area contributed by atoms with Gasteiger partial charge >= 0.3 is 0 Å². The molecule has 2 aromatic heterocycles. The van der Waals surface area contributed by atoms with Crippen LogP contribution < -0.4 is 19.8 Å². The Morgan fingerprint density at radius 2 is 1.73 bits per heavy atom. The van der Waals surface area contributed by atoms with Gasteiger partial charge in [-0.15, -0.1) is 0 Å². The van der Waals surface area contributed by atoms with Gasteiger partial charge in [-0.25, -0.2) is 27.2 Å². The normalized spacial score (nSPS) is 19.9. The topological polar surface area (TPSA) is 132 Å². The molecule has 1 saturated carbocycles. The van der Waals surface area contributed by atoms with Crippen molar-refractivity contribution in [1.82, 2.24) is 14.4 Å². The molecule has 1 aliphatic carbocycles. The zero-order chi connectivity index (χ0) is 28.8. The SMILES string of the molecule is O=C(Nc1ccc(NS(=O)(=O)CCO)cc1N1CCC2(CC1)CC2)c1cn2ccnc2c(N2CCC(F)(F)CC2)n1. The number of hydrogen-bond donors (Lipinski definition) is 3. The first kappa shape index (κ1) is 27.6. The highest BCUT2D eigenvalue weighted by molar-refractivity contribution is 7.92. The van der Waals surface area contributed by atoms with Gasteiger partial charge in [0.2, 0.25) is 10.0 Å². The number of alkyl halides is 2. The predicted octanol–water partition coefficient (Wildman–Crippen LogP) is 3.33. The van der Waals surface area contributed by atoms with Crippen LogP contribution in [0.4, 0.5) is 31.7 Å². The van der Waals surface area contributed by atoms with E-state index in [1.54, 1.807) is 46.1 Å². The van der Waals surface area contributed by atoms with Crippen LogP contribution in [0.3, 0.4) is 0 Å². The van der Waals surface area contributed by atoms with Gasteiger partial charge in [-0.2, -0.15) is 0 Å². The van der Waals surface area contributed by atoms with Crippen LogP contribution in [-0.4, -0.2) is 78.3 Å². The summed E-state index contributed by atoms with van der Waals surface area (Å²) in [5.74, 6) is -3.26. The number of nitrogens with one attached hydrogen (secondary N) is 2. The Morgan fingerprint density at radius 3 is 2.41 bits per heavy atom. The van der Waals surface area contributed by atoms with Crippen LogP contribution >= 0.6 is 0 Å². The number of aliphatic hydroxyl groups excluding tert-OH is 1. The maximum absolute atomic E-state index is 13.8. The van der Waals surface area contributed by atoms with Crippen LogP contribution in [0.15, 0.2) is 36.8 Å². The third-order valence-electron chi connectivity index (χ3n) is 8.38. The van der Waals surface area contributed by atoms with Gasteiger partial charge in [0.1, 0.15) is 5.69 Å². The summed E-state index contributed by atoms with van der Waals surface area (Å²) in [4.78, 5) is 26.3. The quantitative estimate of drug-likeness (QED) is 0.365. The lowest BCUT2D eigenvalue weighted by Crippen LogP contribution is -2.40. The summed E-state index contributed by atoms with van der Waals surface area (Å²) >= 11 is 0. The van der Waals surface area contributed by atoms with Crippen molar-refractivity contribution in [3.05, 3.63) is 42.5 Å². The first-order valence-electron chi connectivity index (χ1n) is 13.8. The molecule has 14 heteroatoms. The molecule has 0 radical (unpaired) electrons. The summed E-state index contributed by atoms with van der Waals surface area (Å²) in [7, 11) is -3.73. The number of fused-ring (bicyclic) bond motifs is 1. The molecule has 3 N–H and O–H groups in total. The van der Waals surface area contributed by atoms with Crippen LogP contribution in [0.1, 0.15) is 49.0 Å². The number of imidazole rings is 1. The number of rotatable bonds is 8. The Kier molecular flexibility index (Phi) is 7.00. The summed E-state index contributed by atoms with van der Waals surface area (Å²) < 4.78 is 56.4. The second-order valence-corrected chi connectivity index (χ2v) is 13.1. The number of halogens is 2. The standard InChI is InChI=1S/C27H33F2N7O4S/c28-27(29)7-12-35(13-8-27)24-23-30-9-14-36(23)18-21(31-24)25(38)32-20-2-1-19(33-41(39,40)16-15-37)17-22(20)34-10-5-26(3-4-26)6-11-34/h1-2,9,14,17-18,33,37H,3-8,10-13,15-16H2,(H,32,38). The highest BCUT2D eigenvalue weighted by Crippen LogP contribution is 2.54. The number of piperidine rings is 2. The van der Waals surface area contributed by atoms with Crippen molar-refractivity contribution in [3.63, 3.8) is 0 Å². The smallest absolute Gasteiger partial charge is 0.275 e. The van der Waals surface area contributed by atoms with E-state index in [1.807, 2.05) is 0 Å². The minimum Gasteiger partial charge on any atom is -0.395 e. The zero-order valence-corrected chi connectivity index (χ0v) is 23.3. The van der Waals surface area contributed by atoms with E-state index in [1.165, 1.54) is 12.8 Å². The summed E-state index contributed by atoms with van der Waals surface area (Å²) in [6.45, 7) is 1.25. The van der Waals surface area contributed by atoms with E-state index < -0.39 is 34.2 Å². The minimum absolute atomic E-state index is 0.0945. The highest BCUT2D eigenvalue weighted by Gasteiger charge is 2.44. The molecule has 0 bridgehead atoms. The fourth-order valence-corrected chi connectivity index (χ4v) is 6.51. The van der Waals surface area contributed by atoms with Gasteiger partial charge in [0.05, 0.1) is 29.4 Å². The second kappa shape index (κ2) is 10.4. The molecule has 11 nitrogen and oxygen atoms in total. The van der Waals surface area contributed by atoms with Crippen molar-refractivity contribution in [3.8, 4) is 0 Å². The fourth-order valence-electron chi connectivity index (χ4n) is 5.68. The number of nitrogens with zero attached hydrogens (tertiary/aromatic N) is 5. The molecular weight excluding hydrogens is 556 g/mol. The van der Waals surface area contributed by atoms with E-state index in [9.17, 15) is 22.0 Å². The van der Waals surface area contributed by atoms with Gasteiger partial charge in [0, 0.05) is 57.6 Å². The van der Waals surface area contributed by atoms with Crippen LogP contribution in [-0.2, 0) is 10.0 Å². The molecule has 4 heterocycles. The van der Waals surface area contributed by atoms with E-state index in [2.05, 4.69) is 24.9 Å². The lowest BCUT2D eigenvalue weighted by molar-refractivity contribution is -0.0221. The van der Waals surface area contributed by atoms with E-state index in [4.69, 9.17) is 5.11 Å². The molecule has 3 fully saturated rings. The van der Waals surface area contributed by atoms with E-state index in [0.717, 1.165) is 25.9 Å². The number of amides is 1.